The van der Waals surface area contributed by atoms with Gasteiger partial charge < -0.3 is 5.32 Å². The van der Waals surface area contributed by atoms with Crippen molar-refractivity contribution in [1.82, 2.24) is 5.32 Å². The van der Waals surface area contributed by atoms with E-state index in [9.17, 15) is 0 Å². The third-order valence-electron chi connectivity index (χ3n) is 1.86. The molecule has 78 valence electrons. The summed E-state index contributed by atoms with van der Waals surface area (Å²) in [5.74, 6) is 0.447. The second-order valence-corrected chi connectivity index (χ2v) is 3.73. The Kier molecular flexibility index (Phi) is 5.70. The molecule has 0 aliphatic carbocycles. The van der Waals surface area contributed by atoms with Gasteiger partial charge >= 0.3 is 0 Å². The lowest BCUT2D eigenvalue weighted by Crippen LogP contribution is -2.14. The van der Waals surface area contributed by atoms with Crippen LogP contribution in [0.1, 0.15) is 27.7 Å². The van der Waals surface area contributed by atoms with Crippen molar-refractivity contribution in [2.45, 2.75) is 27.7 Å². The molecular weight excluding hydrogens is 170 g/mol. The zero-order valence-corrected chi connectivity index (χ0v) is 9.72. The zero-order chi connectivity index (χ0) is 11.1. The molecule has 0 bridgehead atoms. The van der Waals surface area contributed by atoms with Crippen molar-refractivity contribution in [1.29, 1.82) is 0 Å². The molecule has 0 radical (unpaired) electrons. The Morgan fingerprint density at radius 2 is 1.79 bits per heavy atom. The van der Waals surface area contributed by atoms with E-state index in [0.29, 0.717) is 5.92 Å². The highest BCUT2D eigenvalue weighted by Gasteiger charge is 1.99. The van der Waals surface area contributed by atoms with Crippen LogP contribution in [0.25, 0.3) is 0 Å². The fourth-order valence-electron chi connectivity index (χ4n) is 0.772. The minimum Gasteiger partial charge on any atom is -0.359 e. The van der Waals surface area contributed by atoms with Crippen molar-refractivity contribution < 1.29 is 0 Å². The Morgan fingerprint density at radius 1 is 1.21 bits per heavy atom. The van der Waals surface area contributed by atoms with Gasteiger partial charge in [-0.25, -0.2) is 0 Å². The molecule has 1 nitrogen and oxygen atoms in total. The Labute approximate surface area is 87.9 Å². The molecule has 0 aromatic rings. The minimum atomic E-state index is 0.447. The van der Waals surface area contributed by atoms with Crippen molar-refractivity contribution in [2.75, 3.05) is 0 Å². The van der Waals surface area contributed by atoms with Gasteiger partial charge in [-0.1, -0.05) is 44.7 Å². The van der Waals surface area contributed by atoms with Crippen LogP contribution < -0.4 is 5.32 Å². The molecule has 1 heteroatoms. The standard InChI is InChI=1S/C13H21N/c1-7-13(9-8-10(2)3)14-12(6)11(4)5/h7-9,11,14H,2,6H2,1,3-5H3/b9-8-,13-7+. The number of nitrogens with one attached hydrogen (secondary N) is 1. The van der Waals surface area contributed by atoms with Crippen molar-refractivity contribution in [3.63, 3.8) is 0 Å². The number of rotatable bonds is 5. The molecule has 0 atom stereocenters. The summed E-state index contributed by atoms with van der Waals surface area (Å²) in [7, 11) is 0. The molecule has 14 heavy (non-hydrogen) atoms. The molecular formula is C13H21N. The van der Waals surface area contributed by atoms with E-state index in [1.807, 2.05) is 32.1 Å². The number of hydrogen-bond acceptors (Lipinski definition) is 1. The van der Waals surface area contributed by atoms with E-state index in [0.717, 1.165) is 17.0 Å². The fourth-order valence-corrected chi connectivity index (χ4v) is 0.772. The summed E-state index contributed by atoms with van der Waals surface area (Å²) in [6.07, 6.45) is 6.01. The summed E-state index contributed by atoms with van der Waals surface area (Å²) >= 11 is 0. The quantitative estimate of drug-likeness (QED) is 0.652. The molecule has 0 saturated heterocycles. The van der Waals surface area contributed by atoms with Gasteiger partial charge in [0.1, 0.15) is 0 Å². The van der Waals surface area contributed by atoms with E-state index in [4.69, 9.17) is 0 Å². The first-order valence-electron chi connectivity index (χ1n) is 4.93. The summed E-state index contributed by atoms with van der Waals surface area (Å²) in [6, 6.07) is 0. The predicted molar refractivity (Wildman–Crippen MR) is 64.8 cm³/mol. The Balaban J connectivity index is 4.33. The van der Waals surface area contributed by atoms with E-state index in [1.54, 1.807) is 0 Å². The lowest BCUT2D eigenvalue weighted by atomic mass is 10.1. The SMILES string of the molecule is C=C(C)/C=C\C(=C/C)NC(=C)C(C)C. The van der Waals surface area contributed by atoms with Crippen molar-refractivity contribution in [3.05, 3.63) is 48.4 Å². The Hall–Kier alpha value is -1.24. The maximum absolute atomic E-state index is 3.96. The highest BCUT2D eigenvalue weighted by Crippen LogP contribution is 2.06. The van der Waals surface area contributed by atoms with Crippen LogP contribution in [0, 0.1) is 5.92 Å². The molecule has 0 aromatic carbocycles. The van der Waals surface area contributed by atoms with E-state index in [1.165, 1.54) is 0 Å². The third kappa shape index (κ3) is 5.41. The molecule has 0 aromatic heterocycles. The van der Waals surface area contributed by atoms with Gasteiger partial charge in [0.25, 0.3) is 0 Å². The molecule has 0 saturated carbocycles. The molecule has 0 unspecified atom stereocenters. The van der Waals surface area contributed by atoms with Crippen LogP contribution in [0.5, 0.6) is 0 Å². The first kappa shape index (κ1) is 12.8. The van der Waals surface area contributed by atoms with Crippen LogP contribution in [-0.4, -0.2) is 0 Å². The predicted octanol–water partition coefficient (Wildman–Crippen LogP) is 3.78. The van der Waals surface area contributed by atoms with Crippen LogP contribution in [0.2, 0.25) is 0 Å². The minimum absolute atomic E-state index is 0.447. The topological polar surface area (TPSA) is 12.0 Å². The smallest absolute Gasteiger partial charge is 0.0338 e. The van der Waals surface area contributed by atoms with Crippen LogP contribution >= 0.6 is 0 Å². The average Bonchev–Trinajstić information content (AvgIpc) is 2.11. The molecule has 1 N–H and O–H groups in total. The maximum atomic E-state index is 3.96. The van der Waals surface area contributed by atoms with Gasteiger partial charge in [-0.3, -0.25) is 0 Å². The van der Waals surface area contributed by atoms with Crippen molar-refractivity contribution in [2.24, 2.45) is 5.92 Å². The van der Waals surface area contributed by atoms with Gasteiger partial charge in [-0.05, 0) is 25.8 Å². The fraction of sp³-hybridized carbons (Fsp3) is 0.385. The second kappa shape index (κ2) is 6.25. The maximum Gasteiger partial charge on any atom is 0.0338 e. The van der Waals surface area contributed by atoms with Crippen LogP contribution in [0.3, 0.4) is 0 Å². The van der Waals surface area contributed by atoms with Crippen LogP contribution in [0.15, 0.2) is 48.4 Å². The lowest BCUT2D eigenvalue weighted by Gasteiger charge is -2.13. The highest BCUT2D eigenvalue weighted by atomic mass is 14.9. The Morgan fingerprint density at radius 3 is 2.14 bits per heavy atom. The van der Waals surface area contributed by atoms with Crippen molar-refractivity contribution >= 4 is 0 Å². The molecule has 0 aliphatic rings. The normalized spacial score (nSPS) is 12.2. The number of allylic oxidation sites excluding steroid dienone is 5. The second-order valence-electron chi connectivity index (χ2n) is 3.73. The first-order valence-corrected chi connectivity index (χ1v) is 4.93. The lowest BCUT2D eigenvalue weighted by molar-refractivity contribution is 0.709. The van der Waals surface area contributed by atoms with E-state index >= 15 is 0 Å². The molecule has 0 heterocycles. The highest BCUT2D eigenvalue weighted by molar-refractivity contribution is 5.26. The summed E-state index contributed by atoms with van der Waals surface area (Å²) < 4.78 is 0. The molecule has 0 rings (SSSR count). The molecule has 0 aliphatic heterocycles. The summed E-state index contributed by atoms with van der Waals surface area (Å²) in [6.45, 7) is 16.0. The monoisotopic (exact) mass is 191 g/mol. The summed E-state index contributed by atoms with van der Waals surface area (Å²) in [5.41, 5.74) is 3.14. The molecule has 0 amide bonds. The molecule has 0 fully saturated rings. The van der Waals surface area contributed by atoms with Gasteiger partial charge in [-0.2, -0.15) is 0 Å². The van der Waals surface area contributed by atoms with E-state index < -0.39 is 0 Å². The largest absolute Gasteiger partial charge is 0.359 e. The summed E-state index contributed by atoms with van der Waals surface area (Å²) in [4.78, 5) is 0. The first-order chi connectivity index (χ1) is 6.47. The van der Waals surface area contributed by atoms with Crippen LogP contribution in [0.4, 0.5) is 0 Å². The van der Waals surface area contributed by atoms with Gasteiger partial charge in [-0.15, -0.1) is 0 Å². The number of hydrogen-bond donors (Lipinski definition) is 1. The van der Waals surface area contributed by atoms with Gasteiger partial charge in [0, 0.05) is 11.4 Å². The van der Waals surface area contributed by atoms with Crippen LogP contribution in [-0.2, 0) is 0 Å². The summed E-state index contributed by atoms with van der Waals surface area (Å²) in [5, 5.41) is 3.26. The van der Waals surface area contributed by atoms with E-state index in [2.05, 4.69) is 32.3 Å². The molecule has 0 spiro atoms. The Bertz CT molecular complexity index is 267. The van der Waals surface area contributed by atoms with Crippen molar-refractivity contribution in [3.8, 4) is 0 Å². The van der Waals surface area contributed by atoms with Gasteiger partial charge in [0.05, 0.1) is 0 Å². The van der Waals surface area contributed by atoms with E-state index in [-0.39, 0.29) is 0 Å². The van der Waals surface area contributed by atoms with Gasteiger partial charge in [0.15, 0.2) is 0 Å². The zero-order valence-electron chi connectivity index (χ0n) is 9.72. The van der Waals surface area contributed by atoms with Gasteiger partial charge in [0.2, 0.25) is 0 Å². The average molecular weight is 191 g/mol. The third-order valence-corrected chi connectivity index (χ3v) is 1.86.